The van der Waals surface area contributed by atoms with Gasteiger partial charge in [-0.15, -0.1) is 0 Å². The Labute approximate surface area is 101 Å². The molecule has 96 valence electrons. The molecule has 1 aromatic rings. The van der Waals surface area contributed by atoms with Gasteiger partial charge in [-0.25, -0.2) is 0 Å². The molecule has 0 aliphatic carbocycles. The summed E-state index contributed by atoms with van der Waals surface area (Å²) in [6.45, 7) is 7.56. The van der Waals surface area contributed by atoms with Crippen LogP contribution in [-0.4, -0.2) is 35.9 Å². The van der Waals surface area contributed by atoms with Gasteiger partial charge in [-0.1, -0.05) is 13.8 Å². The fourth-order valence-electron chi connectivity index (χ4n) is 1.25. The predicted octanol–water partition coefficient (Wildman–Crippen LogP) is 0.703. The molecule has 0 bridgehead atoms. The molecule has 1 heterocycles. The number of hydrogen-bond donors (Lipinski definition) is 3. The quantitative estimate of drug-likeness (QED) is 0.638. The van der Waals surface area contributed by atoms with E-state index in [1.54, 1.807) is 6.92 Å². The molecule has 1 amide bonds. The fraction of sp³-hybridized carbons (Fsp3) is 0.636. The number of ether oxygens (including phenoxy) is 1. The molecule has 0 saturated carbocycles. The Kier molecular flexibility index (Phi) is 4.96. The summed E-state index contributed by atoms with van der Waals surface area (Å²) >= 11 is 0. The Hall–Kier alpha value is -1.56. The molecular formula is C11H20N4O2. The lowest BCUT2D eigenvalue weighted by atomic mass is 10.2. The first-order valence-electron chi connectivity index (χ1n) is 5.68. The summed E-state index contributed by atoms with van der Waals surface area (Å²) in [5.41, 5.74) is 7.02. The molecule has 6 nitrogen and oxygen atoms in total. The summed E-state index contributed by atoms with van der Waals surface area (Å²) in [4.78, 5) is 11.6. The minimum Gasteiger partial charge on any atom is -0.395 e. The average Bonchev–Trinajstić information content (AvgIpc) is 2.59. The molecule has 0 unspecified atom stereocenters. The fourth-order valence-corrected chi connectivity index (χ4v) is 1.25. The van der Waals surface area contributed by atoms with E-state index in [0.717, 1.165) is 0 Å². The van der Waals surface area contributed by atoms with Gasteiger partial charge in [-0.05, 0) is 12.8 Å². The van der Waals surface area contributed by atoms with Crippen molar-refractivity contribution in [2.24, 2.45) is 5.92 Å². The topological polar surface area (TPSA) is 93.0 Å². The highest BCUT2D eigenvalue weighted by Gasteiger charge is 2.14. The first kappa shape index (κ1) is 13.5. The van der Waals surface area contributed by atoms with Crippen molar-refractivity contribution in [1.29, 1.82) is 0 Å². The molecule has 1 rings (SSSR count). The van der Waals surface area contributed by atoms with Gasteiger partial charge in [0.15, 0.2) is 5.69 Å². The minimum atomic E-state index is -0.278. The third-order valence-electron chi connectivity index (χ3n) is 2.19. The van der Waals surface area contributed by atoms with Crippen molar-refractivity contribution in [2.45, 2.75) is 20.8 Å². The molecule has 0 atom stereocenters. The monoisotopic (exact) mass is 240 g/mol. The third-order valence-corrected chi connectivity index (χ3v) is 2.19. The Bertz CT molecular complexity index is 374. The van der Waals surface area contributed by atoms with E-state index in [9.17, 15) is 4.79 Å². The van der Waals surface area contributed by atoms with E-state index in [4.69, 9.17) is 10.5 Å². The maximum Gasteiger partial charge on any atom is 0.274 e. The number of nitrogens with zero attached hydrogens (tertiary/aromatic N) is 1. The summed E-state index contributed by atoms with van der Waals surface area (Å²) < 4.78 is 5.34. The number of nitrogen functional groups attached to an aromatic ring is 1. The minimum absolute atomic E-state index is 0.242. The number of H-pyrrole nitrogens is 1. The molecule has 0 aliphatic rings. The number of carbonyl (C=O) groups is 1. The van der Waals surface area contributed by atoms with Gasteiger partial charge < -0.3 is 15.8 Å². The highest BCUT2D eigenvalue weighted by Crippen LogP contribution is 2.11. The Morgan fingerprint density at radius 1 is 1.59 bits per heavy atom. The SMILES string of the molecule is Cc1[nH]nc(C(=O)NCCOCC(C)C)c1N. The van der Waals surface area contributed by atoms with E-state index in [2.05, 4.69) is 29.4 Å². The predicted molar refractivity (Wildman–Crippen MR) is 65.7 cm³/mol. The van der Waals surface area contributed by atoms with Crippen LogP contribution in [0.4, 0.5) is 5.69 Å². The van der Waals surface area contributed by atoms with Gasteiger partial charge in [-0.3, -0.25) is 9.89 Å². The van der Waals surface area contributed by atoms with E-state index < -0.39 is 0 Å². The molecule has 0 aromatic carbocycles. The van der Waals surface area contributed by atoms with E-state index in [1.165, 1.54) is 0 Å². The van der Waals surface area contributed by atoms with E-state index in [-0.39, 0.29) is 11.6 Å². The Morgan fingerprint density at radius 2 is 2.29 bits per heavy atom. The number of rotatable bonds is 6. The molecule has 1 aromatic heterocycles. The number of nitrogens with two attached hydrogens (primary N) is 1. The molecule has 0 aliphatic heterocycles. The number of aromatic amines is 1. The summed E-state index contributed by atoms with van der Waals surface area (Å²) in [6, 6.07) is 0. The molecule has 6 heteroatoms. The number of amides is 1. The third kappa shape index (κ3) is 4.07. The van der Waals surface area contributed by atoms with Gasteiger partial charge in [0.25, 0.3) is 5.91 Å². The van der Waals surface area contributed by atoms with Crippen LogP contribution in [0.1, 0.15) is 30.0 Å². The lowest BCUT2D eigenvalue weighted by molar-refractivity contribution is 0.0883. The smallest absolute Gasteiger partial charge is 0.274 e. The van der Waals surface area contributed by atoms with Crippen molar-refractivity contribution in [3.05, 3.63) is 11.4 Å². The number of hydrogen-bond acceptors (Lipinski definition) is 4. The highest BCUT2D eigenvalue weighted by atomic mass is 16.5. The second-order valence-corrected chi connectivity index (χ2v) is 4.34. The zero-order chi connectivity index (χ0) is 12.8. The van der Waals surface area contributed by atoms with Crippen LogP contribution in [0.15, 0.2) is 0 Å². The van der Waals surface area contributed by atoms with Crippen molar-refractivity contribution in [3.63, 3.8) is 0 Å². The van der Waals surface area contributed by atoms with Gasteiger partial charge in [0, 0.05) is 13.2 Å². The first-order chi connectivity index (χ1) is 8.02. The second-order valence-electron chi connectivity index (χ2n) is 4.34. The van der Waals surface area contributed by atoms with Crippen LogP contribution >= 0.6 is 0 Å². The molecular weight excluding hydrogens is 220 g/mol. The van der Waals surface area contributed by atoms with Crippen molar-refractivity contribution in [2.75, 3.05) is 25.5 Å². The molecule has 17 heavy (non-hydrogen) atoms. The number of aryl methyl sites for hydroxylation is 1. The lowest BCUT2D eigenvalue weighted by Gasteiger charge is -2.07. The number of aromatic nitrogens is 2. The van der Waals surface area contributed by atoms with Gasteiger partial charge >= 0.3 is 0 Å². The highest BCUT2D eigenvalue weighted by molar-refractivity contribution is 5.97. The summed E-state index contributed by atoms with van der Waals surface area (Å²) in [6.07, 6.45) is 0. The number of carbonyl (C=O) groups excluding carboxylic acids is 1. The van der Waals surface area contributed by atoms with Crippen LogP contribution < -0.4 is 11.1 Å². The zero-order valence-electron chi connectivity index (χ0n) is 10.5. The van der Waals surface area contributed by atoms with E-state index >= 15 is 0 Å². The standard InChI is InChI=1S/C11H20N4O2/c1-7(2)6-17-5-4-13-11(16)10-9(12)8(3)14-15-10/h7H,4-6,12H2,1-3H3,(H,13,16)(H,14,15). The number of anilines is 1. The van der Waals surface area contributed by atoms with Gasteiger partial charge in [0.2, 0.25) is 0 Å². The van der Waals surface area contributed by atoms with E-state index in [0.29, 0.717) is 37.1 Å². The molecule has 4 N–H and O–H groups in total. The van der Waals surface area contributed by atoms with Crippen LogP contribution in [0.25, 0.3) is 0 Å². The maximum absolute atomic E-state index is 11.6. The Balaban J connectivity index is 2.28. The summed E-state index contributed by atoms with van der Waals surface area (Å²) in [5.74, 6) is 0.218. The molecule has 0 radical (unpaired) electrons. The van der Waals surface area contributed by atoms with Crippen molar-refractivity contribution in [1.82, 2.24) is 15.5 Å². The normalized spacial score (nSPS) is 10.8. The summed E-state index contributed by atoms with van der Waals surface area (Å²) in [5, 5.41) is 9.21. The van der Waals surface area contributed by atoms with Crippen molar-refractivity contribution in [3.8, 4) is 0 Å². The van der Waals surface area contributed by atoms with Crippen LogP contribution in [-0.2, 0) is 4.74 Å². The maximum atomic E-state index is 11.6. The van der Waals surface area contributed by atoms with Crippen LogP contribution in [0.5, 0.6) is 0 Å². The second kappa shape index (κ2) is 6.24. The molecule has 0 spiro atoms. The first-order valence-corrected chi connectivity index (χ1v) is 5.68. The van der Waals surface area contributed by atoms with Gasteiger partial charge in [0.1, 0.15) is 0 Å². The van der Waals surface area contributed by atoms with Gasteiger partial charge in [-0.2, -0.15) is 5.10 Å². The van der Waals surface area contributed by atoms with E-state index in [1.807, 2.05) is 0 Å². The molecule has 0 fully saturated rings. The van der Waals surface area contributed by atoms with Crippen molar-refractivity contribution < 1.29 is 9.53 Å². The largest absolute Gasteiger partial charge is 0.395 e. The van der Waals surface area contributed by atoms with Crippen molar-refractivity contribution >= 4 is 11.6 Å². The van der Waals surface area contributed by atoms with Crippen LogP contribution in [0.3, 0.4) is 0 Å². The zero-order valence-corrected chi connectivity index (χ0v) is 10.5. The lowest BCUT2D eigenvalue weighted by Crippen LogP contribution is -2.28. The Morgan fingerprint density at radius 3 is 2.82 bits per heavy atom. The number of nitrogens with one attached hydrogen (secondary N) is 2. The average molecular weight is 240 g/mol. The summed E-state index contributed by atoms with van der Waals surface area (Å²) in [7, 11) is 0. The molecule has 0 saturated heterocycles. The van der Waals surface area contributed by atoms with Gasteiger partial charge in [0.05, 0.1) is 18.0 Å². The van der Waals surface area contributed by atoms with Crippen LogP contribution in [0, 0.1) is 12.8 Å². The van der Waals surface area contributed by atoms with Crippen LogP contribution in [0.2, 0.25) is 0 Å².